The first-order valence-corrected chi connectivity index (χ1v) is 4.64. The molecule has 3 nitrogen and oxygen atoms in total. The Morgan fingerprint density at radius 3 is 2.69 bits per heavy atom. The molecule has 74 valence electrons. The molecule has 1 atom stereocenters. The molecule has 1 unspecified atom stereocenters. The van der Waals surface area contributed by atoms with Crippen LogP contribution in [0, 0.1) is 0 Å². The van der Waals surface area contributed by atoms with Gasteiger partial charge < -0.3 is 9.84 Å². The van der Waals surface area contributed by atoms with E-state index in [4.69, 9.17) is 9.84 Å². The monoisotopic (exact) mass is 184 g/mol. The summed E-state index contributed by atoms with van der Waals surface area (Å²) in [5, 5.41) is 8.62. The lowest BCUT2D eigenvalue weighted by molar-refractivity contribution is -0.132. The van der Waals surface area contributed by atoms with Gasteiger partial charge in [0, 0.05) is 5.57 Å². The molecule has 0 amide bonds. The minimum atomic E-state index is -0.840. The Labute approximate surface area is 78.4 Å². The number of carboxylic acids is 1. The fourth-order valence-electron chi connectivity index (χ4n) is 1.35. The summed E-state index contributed by atoms with van der Waals surface area (Å²) in [5.74, 6) is -0.840. The zero-order valence-corrected chi connectivity index (χ0v) is 8.17. The molecule has 0 aliphatic carbocycles. The SMILES string of the molecule is CCCC1(C/C=C(\C)C(=O)O)CO1. The van der Waals surface area contributed by atoms with Gasteiger partial charge in [0.05, 0.1) is 12.2 Å². The second-order valence-electron chi connectivity index (χ2n) is 3.62. The third kappa shape index (κ3) is 2.84. The summed E-state index contributed by atoms with van der Waals surface area (Å²) in [5.41, 5.74) is 0.386. The molecule has 0 spiro atoms. The summed E-state index contributed by atoms with van der Waals surface area (Å²) in [7, 11) is 0. The number of hydrogen-bond acceptors (Lipinski definition) is 2. The van der Waals surface area contributed by atoms with Crippen LogP contribution < -0.4 is 0 Å². The maximum absolute atomic E-state index is 10.5. The molecular weight excluding hydrogens is 168 g/mol. The maximum atomic E-state index is 10.5. The first-order valence-electron chi connectivity index (χ1n) is 4.64. The Morgan fingerprint density at radius 2 is 2.31 bits per heavy atom. The van der Waals surface area contributed by atoms with Crippen molar-refractivity contribution in [3.8, 4) is 0 Å². The van der Waals surface area contributed by atoms with Crippen molar-refractivity contribution in [1.82, 2.24) is 0 Å². The Bertz CT molecular complexity index is 226. The lowest BCUT2D eigenvalue weighted by atomic mass is 9.99. The molecule has 1 fully saturated rings. The standard InChI is InChI=1S/C10H16O3/c1-3-5-10(7-13-10)6-4-8(2)9(11)12/h4H,3,5-7H2,1-2H3,(H,11,12)/b8-4+. The van der Waals surface area contributed by atoms with E-state index >= 15 is 0 Å². The minimum absolute atomic E-state index is 0.0224. The van der Waals surface area contributed by atoms with Crippen LogP contribution in [0.4, 0.5) is 0 Å². The van der Waals surface area contributed by atoms with Crippen molar-refractivity contribution in [2.45, 2.75) is 38.7 Å². The number of aliphatic carboxylic acids is 1. The average Bonchev–Trinajstić information content (AvgIpc) is 2.82. The Balaban J connectivity index is 2.41. The molecule has 0 aromatic heterocycles. The highest BCUT2D eigenvalue weighted by molar-refractivity contribution is 5.85. The molecule has 1 saturated heterocycles. The van der Waals surface area contributed by atoms with Gasteiger partial charge in [-0.25, -0.2) is 4.79 Å². The first kappa shape index (κ1) is 10.3. The van der Waals surface area contributed by atoms with Gasteiger partial charge in [0.25, 0.3) is 0 Å². The lowest BCUT2D eigenvalue weighted by Crippen LogP contribution is -2.09. The largest absolute Gasteiger partial charge is 0.478 e. The van der Waals surface area contributed by atoms with Crippen molar-refractivity contribution < 1.29 is 14.6 Å². The van der Waals surface area contributed by atoms with Gasteiger partial charge in [-0.2, -0.15) is 0 Å². The molecule has 1 rings (SSSR count). The molecule has 13 heavy (non-hydrogen) atoms. The van der Waals surface area contributed by atoms with Crippen LogP contribution in [-0.4, -0.2) is 23.3 Å². The molecule has 1 N–H and O–H groups in total. The van der Waals surface area contributed by atoms with Crippen molar-refractivity contribution >= 4 is 5.97 Å². The van der Waals surface area contributed by atoms with Crippen LogP contribution in [0.5, 0.6) is 0 Å². The van der Waals surface area contributed by atoms with E-state index in [1.807, 2.05) is 0 Å². The smallest absolute Gasteiger partial charge is 0.330 e. The van der Waals surface area contributed by atoms with Crippen LogP contribution in [0.3, 0.4) is 0 Å². The third-order valence-corrected chi connectivity index (χ3v) is 2.38. The number of rotatable bonds is 5. The highest BCUT2D eigenvalue weighted by Crippen LogP contribution is 2.36. The van der Waals surface area contributed by atoms with E-state index in [-0.39, 0.29) is 5.60 Å². The number of carboxylic acid groups (broad SMARTS) is 1. The highest BCUT2D eigenvalue weighted by atomic mass is 16.6. The molecule has 0 aromatic carbocycles. The average molecular weight is 184 g/mol. The summed E-state index contributed by atoms with van der Waals surface area (Å²) in [6.45, 7) is 4.51. The molecule has 1 aliphatic heterocycles. The zero-order valence-electron chi connectivity index (χ0n) is 8.17. The van der Waals surface area contributed by atoms with Crippen LogP contribution in [-0.2, 0) is 9.53 Å². The Kier molecular flexibility index (Phi) is 3.09. The lowest BCUT2D eigenvalue weighted by Gasteiger charge is -2.06. The first-order chi connectivity index (χ1) is 6.09. The van der Waals surface area contributed by atoms with Gasteiger partial charge in [0.1, 0.15) is 0 Å². The molecule has 0 radical (unpaired) electrons. The van der Waals surface area contributed by atoms with E-state index in [9.17, 15) is 4.79 Å². The van der Waals surface area contributed by atoms with Gasteiger partial charge in [0.15, 0.2) is 0 Å². The molecule has 0 bridgehead atoms. The minimum Gasteiger partial charge on any atom is -0.478 e. The number of ether oxygens (including phenoxy) is 1. The summed E-state index contributed by atoms with van der Waals surface area (Å²) >= 11 is 0. The molecule has 3 heteroatoms. The van der Waals surface area contributed by atoms with Crippen molar-refractivity contribution in [1.29, 1.82) is 0 Å². The maximum Gasteiger partial charge on any atom is 0.330 e. The fourth-order valence-corrected chi connectivity index (χ4v) is 1.35. The van der Waals surface area contributed by atoms with Crippen LogP contribution >= 0.6 is 0 Å². The van der Waals surface area contributed by atoms with Gasteiger partial charge >= 0.3 is 5.97 Å². The number of epoxide rings is 1. The normalized spacial score (nSPS) is 27.4. The predicted molar refractivity (Wildman–Crippen MR) is 49.6 cm³/mol. The molecule has 1 aliphatic rings. The second kappa shape index (κ2) is 3.92. The molecule has 0 aromatic rings. The van der Waals surface area contributed by atoms with Gasteiger partial charge in [-0.1, -0.05) is 19.4 Å². The van der Waals surface area contributed by atoms with Crippen molar-refractivity contribution in [3.63, 3.8) is 0 Å². The van der Waals surface area contributed by atoms with Crippen molar-refractivity contribution in [2.75, 3.05) is 6.61 Å². The molecule has 1 heterocycles. The van der Waals surface area contributed by atoms with E-state index in [0.29, 0.717) is 5.57 Å². The van der Waals surface area contributed by atoms with E-state index in [1.165, 1.54) is 0 Å². The number of carbonyl (C=O) groups is 1. The van der Waals surface area contributed by atoms with E-state index < -0.39 is 5.97 Å². The summed E-state index contributed by atoms with van der Waals surface area (Å²) < 4.78 is 5.33. The molecule has 0 saturated carbocycles. The van der Waals surface area contributed by atoms with Gasteiger partial charge in [0.2, 0.25) is 0 Å². The van der Waals surface area contributed by atoms with Gasteiger partial charge in [-0.15, -0.1) is 0 Å². The molecular formula is C10H16O3. The fraction of sp³-hybridized carbons (Fsp3) is 0.700. The van der Waals surface area contributed by atoms with Gasteiger partial charge in [-0.3, -0.25) is 0 Å². The summed E-state index contributed by atoms with van der Waals surface area (Å²) in [4.78, 5) is 10.5. The highest BCUT2D eigenvalue weighted by Gasteiger charge is 2.42. The van der Waals surface area contributed by atoms with Crippen LogP contribution in [0.15, 0.2) is 11.6 Å². The van der Waals surface area contributed by atoms with Crippen LogP contribution in [0.25, 0.3) is 0 Å². The predicted octanol–water partition coefficient (Wildman–Crippen LogP) is 1.98. The van der Waals surface area contributed by atoms with Crippen LogP contribution in [0.2, 0.25) is 0 Å². The summed E-state index contributed by atoms with van der Waals surface area (Å²) in [6, 6.07) is 0. The second-order valence-corrected chi connectivity index (χ2v) is 3.62. The Hall–Kier alpha value is -0.830. The van der Waals surface area contributed by atoms with Gasteiger partial charge in [-0.05, 0) is 19.8 Å². The number of hydrogen-bond donors (Lipinski definition) is 1. The van der Waals surface area contributed by atoms with E-state index in [1.54, 1.807) is 13.0 Å². The zero-order chi connectivity index (χ0) is 9.90. The van der Waals surface area contributed by atoms with Crippen molar-refractivity contribution in [2.24, 2.45) is 0 Å². The van der Waals surface area contributed by atoms with E-state index in [2.05, 4.69) is 6.92 Å². The van der Waals surface area contributed by atoms with Crippen LogP contribution in [0.1, 0.15) is 33.1 Å². The topological polar surface area (TPSA) is 49.8 Å². The quantitative estimate of drug-likeness (QED) is 0.525. The van der Waals surface area contributed by atoms with E-state index in [0.717, 1.165) is 25.9 Å². The third-order valence-electron chi connectivity index (χ3n) is 2.38. The summed E-state index contributed by atoms with van der Waals surface area (Å²) in [6.07, 6.45) is 4.60. The van der Waals surface area contributed by atoms with Crippen molar-refractivity contribution in [3.05, 3.63) is 11.6 Å². The Morgan fingerprint density at radius 1 is 1.69 bits per heavy atom.